The minimum atomic E-state index is 0.0566. The lowest BCUT2D eigenvalue weighted by Crippen LogP contribution is -2.22. The highest BCUT2D eigenvalue weighted by atomic mass is 15.1. The van der Waals surface area contributed by atoms with Crippen molar-refractivity contribution in [2.75, 3.05) is 19.0 Å². The van der Waals surface area contributed by atoms with Crippen LogP contribution in [0.25, 0.3) is 0 Å². The van der Waals surface area contributed by atoms with E-state index < -0.39 is 0 Å². The Morgan fingerprint density at radius 3 is 2.50 bits per heavy atom. The van der Waals surface area contributed by atoms with Crippen LogP contribution in [0.1, 0.15) is 25.5 Å². The van der Waals surface area contributed by atoms with Crippen molar-refractivity contribution in [2.24, 2.45) is 11.7 Å². The quantitative estimate of drug-likeness (QED) is 0.796. The first-order chi connectivity index (χ1) is 6.54. The number of anilines is 1. The van der Waals surface area contributed by atoms with Gasteiger partial charge in [0.25, 0.3) is 0 Å². The van der Waals surface area contributed by atoms with Gasteiger partial charge in [-0.25, -0.2) is 4.98 Å². The zero-order valence-corrected chi connectivity index (χ0v) is 9.36. The van der Waals surface area contributed by atoms with Crippen molar-refractivity contribution in [3.63, 3.8) is 0 Å². The van der Waals surface area contributed by atoms with E-state index in [1.807, 2.05) is 31.1 Å². The van der Waals surface area contributed by atoms with Crippen LogP contribution < -0.4 is 10.6 Å². The van der Waals surface area contributed by atoms with E-state index >= 15 is 0 Å². The van der Waals surface area contributed by atoms with Crippen LogP contribution in [0.15, 0.2) is 18.3 Å². The molecule has 2 N–H and O–H groups in total. The highest BCUT2D eigenvalue weighted by Crippen LogP contribution is 2.25. The van der Waals surface area contributed by atoms with Crippen LogP contribution in [0.4, 0.5) is 5.82 Å². The Bertz CT molecular complexity index is 294. The molecule has 0 aliphatic rings. The highest BCUT2D eigenvalue weighted by Gasteiger charge is 2.15. The second-order valence-electron chi connectivity index (χ2n) is 4.08. The van der Waals surface area contributed by atoms with Gasteiger partial charge in [-0.05, 0) is 12.0 Å². The predicted molar refractivity (Wildman–Crippen MR) is 60.3 cm³/mol. The van der Waals surface area contributed by atoms with Crippen molar-refractivity contribution in [1.82, 2.24) is 4.98 Å². The van der Waals surface area contributed by atoms with Crippen LogP contribution in [0.2, 0.25) is 0 Å². The third-order valence-corrected chi connectivity index (χ3v) is 2.32. The van der Waals surface area contributed by atoms with Crippen LogP contribution in [0.3, 0.4) is 0 Å². The van der Waals surface area contributed by atoms with Crippen LogP contribution >= 0.6 is 0 Å². The zero-order chi connectivity index (χ0) is 10.7. The summed E-state index contributed by atoms with van der Waals surface area (Å²) in [4.78, 5) is 6.33. The average molecular weight is 193 g/mol. The molecule has 0 radical (unpaired) electrons. The molecule has 0 aliphatic heterocycles. The van der Waals surface area contributed by atoms with Gasteiger partial charge in [-0.2, -0.15) is 0 Å². The fourth-order valence-corrected chi connectivity index (χ4v) is 1.40. The van der Waals surface area contributed by atoms with E-state index in [1.165, 1.54) is 0 Å². The molecule has 0 spiro atoms. The van der Waals surface area contributed by atoms with E-state index in [2.05, 4.69) is 18.8 Å². The first-order valence-electron chi connectivity index (χ1n) is 4.92. The zero-order valence-electron chi connectivity index (χ0n) is 9.36. The largest absolute Gasteiger partial charge is 0.362 e. The van der Waals surface area contributed by atoms with E-state index in [1.54, 1.807) is 6.20 Å². The van der Waals surface area contributed by atoms with Crippen molar-refractivity contribution >= 4 is 5.82 Å². The molecule has 0 saturated heterocycles. The molecule has 1 aromatic rings. The minimum Gasteiger partial charge on any atom is -0.362 e. The molecular formula is C11H19N3. The first kappa shape index (κ1) is 11.0. The van der Waals surface area contributed by atoms with Gasteiger partial charge in [-0.15, -0.1) is 0 Å². The fourth-order valence-electron chi connectivity index (χ4n) is 1.40. The summed E-state index contributed by atoms with van der Waals surface area (Å²) in [6.07, 6.45) is 1.80. The maximum Gasteiger partial charge on any atom is 0.132 e. The lowest BCUT2D eigenvalue weighted by Gasteiger charge is -2.22. The van der Waals surface area contributed by atoms with Gasteiger partial charge in [0, 0.05) is 31.9 Å². The molecule has 1 rings (SSSR count). The Balaban J connectivity index is 3.06. The van der Waals surface area contributed by atoms with Crippen LogP contribution in [0, 0.1) is 5.92 Å². The maximum atomic E-state index is 6.11. The van der Waals surface area contributed by atoms with E-state index in [0.717, 1.165) is 11.4 Å². The van der Waals surface area contributed by atoms with E-state index in [-0.39, 0.29) is 6.04 Å². The van der Waals surface area contributed by atoms with Gasteiger partial charge in [0.05, 0.1) is 0 Å². The van der Waals surface area contributed by atoms with Crippen LogP contribution in [-0.4, -0.2) is 19.1 Å². The number of aromatic nitrogens is 1. The third-order valence-electron chi connectivity index (χ3n) is 2.32. The molecule has 78 valence electrons. The van der Waals surface area contributed by atoms with Gasteiger partial charge in [-0.1, -0.05) is 19.9 Å². The van der Waals surface area contributed by atoms with Gasteiger partial charge >= 0.3 is 0 Å². The molecule has 0 fully saturated rings. The second-order valence-corrected chi connectivity index (χ2v) is 4.08. The normalized spacial score (nSPS) is 13.0. The number of nitrogens with zero attached hydrogens (tertiary/aromatic N) is 2. The Morgan fingerprint density at radius 1 is 1.36 bits per heavy atom. The van der Waals surface area contributed by atoms with Crippen molar-refractivity contribution < 1.29 is 0 Å². The molecule has 3 nitrogen and oxygen atoms in total. The summed E-state index contributed by atoms with van der Waals surface area (Å²) in [6, 6.07) is 4.04. The molecule has 0 saturated carbocycles. The second kappa shape index (κ2) is 4.42. The maximum absolute atomic E-state index is 6.11. The molecule has 0 bridgehead atoms. The number of rotatable bonds is 3. The molecule has 0 aromatic carbocycles. The first-order valence-corrected chi connectivity index (χ1v) is 4.92. The predicted octanol–water partition coefficient (Wildman–Crippen LogP) is 1.80. The molecule has 0 aliphatic carbocycles. The fraction of sp³-hybridized carbons (Fsp3) is 0.545. The summed E-state index contributed by atoms with van der Waals surface area (Å²) in [6.45, 7) is 4.24. The van der Waals surface area contributed by atoms with Gasteiger partial charge < -0.3 is 10.6 Å². The summed E-state index contributed by atoms with van der Waals surface area (Å²) in [5.41, 5.74) is 7.23. The number of nitrogens with two attached hydrogens (primary N) is 1. The molecule has 3 heteroatoms. The van der Waals surface area contributed by atoms with Crippen LogP contribution in [0.5, 0.6) is 0 Å². The molecular weight excluding hydrogens is 174 g/mol. The Morgan fingerprint density at radius 2 is 2.00 bits per heavy atom. The van der Waals surface area contributed by atoms with Crippen molar-refractivity contribution in [2.45, 2.75) is 19.9 Å². The van der Waals surface area contributed by atoms with Crippen molar-refractivity contribution in [3.8, 4) is 0 Å². The van der Waals surface area contributed by atoms with Crippen molar-refractivity contribution in [3.05, 3.63) is 23.9 Å². The average Bonchev–Trinajstić information content (AvgIpc) is 2.16. The monoisotopic (exact) mass is 193 g/mol. The summed E-state index contributed by atoms with van der Waals surface area (Å²) in [5.74, 6) is 1.40. The van der Waals surface area contributed by atoms with Crippen LogP contribution in [-0.2, 0) is 0 Å². The summed E-state index contributed by atoms with van der Waals surface area (Å²) < 4.78 is 0. The lowest BCUT2D eigenvalue weighted by atomic mass is 9.97. The molecule has 1 aromatic heterocycles. The standard InChI is InChI=1S/C11H19N3/c1-8(2)10(12)9-6-5-7-13-11(9)14(3)4/h5-8,10H,12H2,1-4H3/t10-/m0/s1. The molecule has 14 heavy (non-hydrogen) atoms. The Labute approximate surface area is 85.9 Å². The summed E-state index contributed by atoms with van der Waals surface area (Å²) >= 11 is 0. The van der Waals surface area contributed by atoms with Gasteiger partial charge in [0.15, 0.2) is 0 Å². The number of hydrogen-bond donors (Lipinski definition) is 1. The summed E-state index contributed by atoms with van der Waals surface area (Å²) in [5, 5.41) is 0. The Kier molecular flexibility index (Phi) is 3.47. The number of pyridine rings is 1. The topological polar surface area (TPSA) is 42.1 Å². The molecule has 1 heterocycles. The van der Waals surface area contributed by atoms with Gasteiger partial charge in [0.1, 0.15) is 5.82 Å². The summed E-state index contributed by atoms with van der Waals surface area (Å²) in [7, 11) is 3.97. The van der Waals surface area contributed by atoms with Crippen molar-refractivity contribution in [1.29, 1.82) is 0 Å². The van der Waals surface area contributed by atoms with Gasteiger partial charge in [0.2, 0.25) is 0 Å². The smallest absolute Gasteiger partial charge is 0.132 e. The molecule has 1 atom stereocenters. The van der Waals surface area contributed by atoms with E-state index in [0.29, 0.717) is 5.92 Å². The third kappa shape index (κ3) is 2.23. The van der Waals surface area contributed by atoms with E-state index in [9.17, 15) is 0 Å². The van der Waals surface area contributed by atoms with E-state index in [4.69, 9.17) is 5.73 Å². The minimum absolute atomic E-state index is 0.0566. The van der Waals surface area contributed by atoms with Gasteiger partial charge in [-0.3, -0.25) is 0 Å². The SMILES string of the molecule is CC(C)[C@H](N)c1cccnc1N(C)C. The molecule has 0 amide bonds. The molecule has 0 unspecified atom stereocenters. The Hall–Kier alpha value is -1.09. The number of hydrogen-bond acceptors (Lipinski definition) is 3. The highest BCUT2D eigenvalue weighted by molar-refractivity contribution is 5.47. The lowest BCUT2D eigenvalue weighted by molar-refractivity contribution is 0.513.